The van der Waals surface area contributed by atoms with Crippen molar-refractivity contribution >= 4 is 33.7 Å². The number of ether oxygens (including phenoxy) is 2. The van der Waals surface area contributed by atoms with Crippen LogP contribution in [0.25, 0.3) is 10.2 Å². The molecule has 3 fully saturated rings. The molecule has 0 spiro atoms. The van der Waals surface area contributed by atoms with E-state index in [1.165, 1.54) is 0 Å². The van der Waals surface area contributed by atoms with Gasteiger partial charge >= 0.3 is 12.1 Å². The molecule has 2 aliphatic heterocycles. The molecule has 1 saturated carbocycles. The number of amides is 3. The van der Waals surface area contributed by atoms with E-state index < -0.39 is 0 Å². The van der Waals surface area contributed by atoms with E-state index >= 15 is 0 Å². The highest BCUT2D eigenvalue weighted by molar-refractivity contribution is 7.16. The molecule has 0 bridgehead atoms. The molecule has 154 valence electrons. The van der Waals surface area contributed by atoms with Gasteiger partial charge in [0.2, 0.25) is 0 Å². The van der Waals surface area contributed by atoms with Crippen LogP contribution >= 0.6 is 11.3 Å². The highest BCUT2D eigenvalue weighted by Gasteiger charge is 2.36. The third-order valence-corrected chi connectivity index (χ3v) is 6.80. The second kappa shape index (κ2) is 7.70. The number of nitrogens with zero attached hydrogens (tertiary/aromatic N) is 3. The largest absolute Gasteiger partial charge is 0.484 e. The number of likely N-dealkylation sites (tertiary alicyclic amines) is 1. The van der Waals surface area contributed by atoms with Crippen molar-refractivity contribution in [1.29, 1.82) is 0 Å². The normalized spacial score (nSPS) is 25.0. The fraction of sp³-hybridized carbons (Fsp3) is 0.550. The van der Waals surface area contributed by atoms with Crippen molar-refractivity contribution in [3.8, 4) is 5.75 Å². The van der Waals surface area contributed by atoms with Gasteiger partial charge in [-0.1, -0.05) is 6.07 Å². The standard InChI is InChI=1S/C20H24N4O4S/c25-19(22-13-4-6-14(7-5-13)24-8-9-27-20(24)26)23-10-15(11-23)28-16-2-1-3-17-18(16)21-12-29-17/h1-3,12-15H,4-11H2,(H,22,25). The fourth-order valence-electron chi connectivity index (χ4n) is 4.35. The van der Waals surface area contributed by atoms with Crippen LogP contribution in [0.5, 0.6) is 5.75 Å². The molecule has 29 heavy (non-hydrogen) atoms. The van der Waals surface area contributed by atoms with Crippen LogP contribution in [0.1, 0.15) is 25.7 Å². The number of urea groups is 1. The quantitative estimate of drug-likeness (QED) is 0.829. The summed E-state index contributed by atoms with van der Waals surface area (Å²) in [6.07, 6.45) is 3.40. The van der Waals surface area contributed by atoms with Crippen LogP contribution in [0.4, 0.5) is 9.59 Å². The van der Waals surface area contributed by atoms with Crippen LogP contribution < -0.4 is 10.1 Å². The van der Waals surface area contributed by atoms with Crippen LogP contribution in [0.3, 0.4) is 0 Å². The van der Waals surface area contributed by atoms with E-state index in [2.05, 4.69) is 10.3 Å². The lowest BCUT2D eigenvalue weighted by atomic mass is 9.90. The Kier molecular flexibility index (Phi) is 4.91. The van der Waals surface area contributed by atoms with E-state index in [1.54, 1.807) is 16.2 Å². The Morgan fingerprint density at radius 1 is 1.24 bits per heavy atom. The molecular weight excluding hydrogens is 392 g/mol. The number of hydrogen-bond donors (Lipinski definition) is 1. The van der Waals surface area contributed by atoms with Gasteiger partial charge in [-0.2, -0.15) is 0 Å². The molecule has 0 unspecified atom stereocenters. The average Bonchev–Trinajstić information content (AvgIpc) is 3.34. The first-order valence-corrected chi connectivity index (χ1v) is 11.0. The maximum Gasteiger partial charge on any atom is 0.410 e. The van der Waals surface area contributed by atoms with Crippen molar-refractivity contribution in [2.75, 3.05) is 26.2 Å². The topological polar surface area (TPSA) is 84.0 Å². The average molecular weight is 417 g/mol. The lowest BCUT2D eigenvalue weighted by Gasteiger charge is -2.40. The Morgan fingerprint density at radius 2 is 2.07 bits per heavy atom. The summed E-state index contributed by atoms with van der Waals surface area (Å²) in [5, 5.41) is 3.14. The van der Waals surface area contributed by atoms with Gasteiger partial charge in [-0.3, -0.25) is 0 Å². The summed E-state index contributed by atoms with van der Waals surface area (Å²) in [6, 6.07) is 6.31. The maximum atomic E-state index is 12.5. The van der Waals surface area contributed by atoms with Crippen LogP contribution in [0, 0.1) is 0 Å². The number of benzene rings is 1. The molecule has 3 aliphatic rings. The molecule has 9 heteroatoms. The van der Waals surface area contributed by atoms with Gasteiger partial charge < -0.3 is 24.6 Å². The number of aromatic nitrogens is 1. The Morgan fingerprint density at radius 3 is 2.83 bits per heavy atom. The van der Waals surface area contributed by atoms with E-state index in [0.29, 0.717) is 26.2 Å². The van der Waals surface area contributed by atoms with Gasteiger partial charge in [0.1, 0.15) is 24.0 Å². The first-order valence-electron chi connectivity index (χ1n) is 10.1. The molecule has 1 aromatic heterocycles. The molecule has 1 aromatic carbocycles. The lowest BCUT2D eigenvalue weighted by molar-refractivity contribution is 0.0434. The number of cyclic esters (lactones) is 1. The van der Waals surface area contributed by atoms with E-state index in [4.69, 9.17) is 9.47 Å². The van der Waals surface area contributed by atoms with Gasteiger partial charge in [0.05, 0.1) is 29.8 Å². The number of carbonyl (C=O) groups is 2. The number of hydrogen-bond acceptors (Lipinski definition) is 6. The summed E-state index contributed by atoms with van der Waals surface area (Å²) in [7, 11) is 0. The minimum atomic E-state index is -0.197. The number of para-hydroxylation sites is 1. The summed E-state index contributed by atoms with van der Waals surface area (Å²) in [6.45, 7) is 2.34. The van der Waals surface area contributed by atoms with Crippen molar-refractivity contribution in [3.05, 3.63) is 23.7 Å². The minimum Gasteiger partial charge on any atom is -0.484 e. The van der Waals surface area contributed by atoms with Gasteiger partial charge in [0.25, 0.3) is 0 Å². The molecule has 3 heterocycles. The smallest absolute Gasteiger partial charge is 0.410 e. The van der Waals surface area contributed by atoms with Crippen molar-refractivity contribution in [3.63, 3.8) is 0 Å². The molecule has 1 aliphatic carbocycles. The molecule has 0 atom stereocenters. The van der Waals surface area contributed by atoms with Crippen LogP contribution in [-0.2, 0) is 4.74 Å². The number of thiazole rings is 1. The molecule has 1 N–H and O–H groups in total. The number of carbonyl (C=O) groups excluding carboxylic acids is 2. The monoisotopic (exact) mass is 416 g/mol. The third kappa shape index (κ3) is 3.71. The summed E-state index contributed by atoms with van der Waals surface area (Å²) in [5.41, 5.74) is 2.71. The Labute approximate surface area is 172 Å². The Balaban J connectivity index is 1.07. The van der Waals surface area contributed by atoms with Crippen LogP contribution in [0.15, 0.2) is 23.7 Å². The van der Waals surface area contributed by atoms with Crippen molar-refractivity contribution in [2.45, 2.75) is 43.9 Å². The zero-order valence-corrected chi connectivity index (χ0v) is 16.9. The van der Waals surface area contributed by atoms with Crippen LogP contribution in [-0.4, -0.2) is 71.3 Å². The minimum absolute atomic E-state index is 0.00460. The van der Waals surface area contributed by atoms with Gasteiger partial charge in [0, 0.05) is 12.1 Å². The Bertz CT molecular complexity index is 905. The number of rotatable bonds is 4. The van der Waals surface area contributed by atoms with E-state index in [0.717, 1.165) is 41.6 Å². The summed E-state index contributed by atoms with van der Waals surface area (Å²) in [4.78, 5) is 32.2. The SMILES string of the molecule is O=C(NC1CCC(N2CCOC2=O)CC1)N1CC(Oc2cccc3scnc23)C1. The molecule has 5 rings (SSSR count). The zero-order chi connectivity index (χ0) is 19.8. The van der Waals surface area contributed by atoms with Gasteiger partial charge in [-0.05, 0) is 37.8 Å². The van der Waals surface area contributed by atoms with E-state index in [-0.39, 0.29) is 30.3 Å². The first-order chi connectivity index (χ1) is 14.2. The third-order valence-electron chi connectivity index (χ3n) is 6.01. The van der Waals surface area contributed by atoms with Crippen molar-refractivity contribution in [1.82, 2.24) is 20.1 Å². The molecular formula is C20H24N4O4S. The zero-order valence-electron chi connectivity index (χ0n) is 16.1. The van der Waals surface area contributed by atoms with Crippen LogP contribution in [0.2, 0.25) is 0 Å². The second-order valence-electron chi connectivity index (χ2n) is 7.86. The summed E-state index contributed by atoms with van der Waals surface area (Å²) < 4.78 is 12.2. The summed E-state index contributed by atoms with van der Waals surface area (Å²) >= 11 is 1.59. The van der Waals surface area contributed by atoms with Crippen molar-refractivity contribution in [2.24, 2.45) is 0 Å². The molecule has 0 radical (unpaired) electrons. The molecule has 8 nitrogen and oxygen atoms in total. The maximum absolute atomic E-state index is 12.5. The second-order valence-corrected chi connectivity index (χ2v) is 8.75. The predicted octanol–water partition coefficient (Wildman–Crippen LogP) is 2.83. The number of nitrogens with one attached hydrogen (secondary N) is 1. The van der Waals surface area contributed by atoms with E-state index in [1.807, 2.05) is 28.6 Å². The highest BCUT2D eigenvalue weighted by atomic mass is 32.1. The molecule has 3 amide bonds. The van der Waals surface area contributed by atoms with Gasteiger partial charge in [-0.25, -0.2) is 14.6 Å². The van der Waals surface area contributed by atoms with Gasteiger partial charge in [0.15, 0.2) is 0 Å². The van der Waals surface area contributed by atoms with Gasteiger partial charge in [-0.15, -0.1) is 11.3 Å². The predicted molar refractivity (Wildman–Crippen MR) is 108 cm³/mol. The fourth-order valence-corrected chi connectivity index (χ4v) is 5.04. The number of fused-ring (bicyclic) bond motifs is 1. The van der Waals surface area contributed by atoms with Crippen molar-refractivity contribution < 1.29 is 19.1 Å². The molecule has 2 aromatic rings. The Hall–Kier alpha value is -2.55. The van der Waals surface area contributed by atoms with E-state index in [9.17, 15) is 9.59 Å². The molecule has 2 saturated heterocycles. The summed E-state index contributed by atoms with van der Waals surface area (Å²) in [5.74, 6) is 0.785. The first kappa shape index (κ1) is 18.5. The highest BCUT2D eigenvalue weighted by Crippen LogP contribution is 2.29. The lowest BCUT2D eigenvalue weighted by Crippen LogP contribution is -2.60.